The molecule has 0 spiro atoms. The van der Waals surface area contributed by atoms with Crippen molar-refractivity contribution in [2.24, 2.45) is 0 Å². The summed E-state index contributed by atoms with van der Waals surface area (Å²) in [4.78, 5) is 29.7. The molecule has 0 saturated heterocycles. The maximum atomic E-state index is 12.7. The monoisotopic (exact) mass is 391 g/mol. The van der Waals surface area contributed by atoms with Crippen molar-refractivity contribution in [2.75, 3.05) is 18.6 Å². The second-order valence-corrected chi connectivity index (χ2v) is 6.98. The van der Waals surface area contributed by atoms with Crippen LogP contribution in [0.25, 0.3) is 0 Å². The number of benzene rings is 2. The number of likely N-dealkylation sites (N-methyl/N-ethyl adjacent to an activating group) is 1. The van der Waals surface area contributed by atoms with Crippen LogP contribution in [0, 0.1) is 6.92 Å². The Labute approximate surface area is 167 Å². The topological polar surface area (TPSA) is 100 Å². The number of aromatic amines is 1. The standard InChI is InChI=1S/C21H21N5O3/c1-13-7-9-14(10-8-13)11-18-23-19(25-24-18)20(27)22-15-12-29-17-6-4-3-5-16(17)26(2)21(15)28/h3-10,15H,11-12H2,1-2H3,(H,22,27)(H,23,24,25)/t15-/m1/s1. The first-order valence-corrected chi connectivity index (χ1v) is 9.28. The van der Waals surface area contributed by atoms with Crippen molar-refractivity contribution in [3.8, 4) is 5.75 Å². The average Bonchev–Trinajstić information content (AvgIpc) is 3.16. The molecule has 0 saturated carbocycles. The van der Waals surface area contributed by atoms with E-state index in [1.165, 1.54) is 10.5 Å². The third-order valence-corrected chi connectivity index (χ3v) is 4.81. The van der Waals surface area contributed by atoms with E-state index in [1.54, 1.807) is 19.2 Å². The van der Waals surface area contributed by atoms with Crippen LogP contribution in [-0.4, -0.2) is 46.7 Å². The van der Waals surface area contributed by atoms with Crippen molar-refractivity contribution in [3.05, 3.63) is 71.3 Å². The molecule has 3 aromatic rings. The Morgan fingerprint density at radius 1 is 1.21 bits per heavy atom. The molecule has 0 unspecified atom stereocenters. The molecule has 2 N–H and O–H groups in total. The molecule has 29 heavy (non-hydrogen) atoms. The van der Waals surface area contributed by atoms with Gasteiger partial charge in [0.15, 0.2) is 0 Å². The summed E-state index contributed by atoms with van der Waals surface area (Å²) in [6.07, 6.45) is 0.532. The molecular weight excluding hydrogens is 370 g/mol. The van der Waals surface area contributed by atoms with Crippen LogP contribution in [0.5, 0.6) is 5.75 Å². The van der Waals surface area contributed by atoms with Crippen LogP contribution in [0.4, 0.5) is 5.69 Å². The number of aromatic nitrogens is 3. The van der Waals surface area contributed by atoms with Gasteiger partial charge in [0.1, 0.15) is 24.2 Å². The van der Waals surface area contributed by atoms with Crippen LogP contribution in [0.3, 0.4) is 0 Å². The van der Waals surface area contributed by atoms with Crippen LogP contribution < -0.4 is 15.0 Å². The maximum Gasteiger partial charge on any atom is 0.289 e. The zero-order valence-corrected chi connectivity index (χ0v) is 16.2. The number of hydrogen-bond acceptors (Lipinski definition) is 5. The minimum absolute atomic E-state index is 0.0380. The highest BCUT2D eigenvalue weighted by molar-refractivity contribution is 6.02. The second kappa shape index (κ2) is 7.75. The van der Waals surface area contributed by atoms with Crippen LogP contribution in [0.2, 0.25) is 0 Å². The zero-order chi connectivity index (χ0) is 20.4. The molecule has 1 atom stereocenters. The molecule has 2 heterocycles. The SMILES string of the molecule is Cc1ccc(Cc2nnc(C(=O)N[C@@H]3COc4ccccc4N(C)C3=O)[nH]2)cc1. The summed E-state index contributed by atoms with van der Waals surface area (Å²) in [5.41, 5.74) is 2.90. The lowest BCUT2D eigenvalue weighted by Gasteiger charge is -2.19. The highest BCUT2D eigenvalue weighted by atomic mass is 16.5. The van der Waals surface area contributed by atoms with E-state index in [2.05, 4.69) is 20.5 Å². The quantitative estimate of drug-likeness (QED) is 0.707. The smallest absolute Gasteiger partial charge is 0.289 e. The van der Waals surface area contributed by atoms with Crippen LogP contribution in [-0.2, 0) is 11.2 Å². The number of rotatable bonds is 4. The van der Waals surface area contributed by atoms with E-state index in [0.29, 0.717) is 23.7 Å². The lowest BCUT2D eigenvalue weighted by atomic mass is 10.1. The predicted molar refractivity (Wildman–Crippen MR) is 107 cm³/mol. The number of anilines is 1. The Morgan fingerprint density at radius 3 is 2.76 bits per heavy atom. The Hall–Kier alpha value is -3.68. The first-order valence-electron chi connectivity index (χ1n) is 9.28. The summed E-state index contributed by atoms with van der Waals surface area (Å²) in [6, 6.07) is 14.5. The van der Waals surface area contributed by atoms with E-state index in [0.717, 1.165) is 5.56 Å². The summed E-state index contributed by atoms with van der Waals surface area (Å²) >= 11 is 0. The first-order chi connectivity index (χ1) is 14.0. The number of H-pyrrole nitrogens is 1. The van der Waals surface area contributed by atoms with Gasteiger partial charge in [-0.05, 0) is 24.6 Å². The summed E-state index contributed by atoms with van der Waals surface area (Å²) in [5, 5.41) is 10.6. The number of nitrogens with zero attached hydrogens (tertiary/aromatic N) is 3. The van der Waals surface area contributed by atoms with Crippen molar-refractivity contribution >= 4 is 17.5 Å². The molecule has 2 amide bonds. The number of nitrogens with one attached hydrogen (secondary N) is 2. The number of carbonyl (C=O) groups is 2. The number of amides is 2. The Morgan fingerprint density at radius 2 is 1.97 bits per heavy atom. The lowest BCUT2D eigenvalue weighted by molar-refractivity contribution is -0.120. The van der Waals surface area contributed by atoms with Gasteiger partial charge in [-0.3, -0.25) is 9.59 Å². The molecule has 2 aromatic carbocycles. The first kappa shape index (κ1) is 18.7. The second-order valence-electron chi connectivity index (χ2n) is 6.98. The molecule has 8 heteroatoms. The average molecular weight is 391 g/mol. The fourth-order valence-corrected chi connectivity index (χ4v) is 3.16. The van der Waals surface area contributed by atoms with E-state index >= 15 is 0 Å². The fraction of sp³-hybridized carbons (Fsp3) is 0.238. The minimum atomic E-state index is -0.828. The normalized spacial score (nSPS) is 16.0. The van der Waals surface area contributed by atoms with Crippen LogP contribution in [0.15, 0.2) is 48.5 Å². The van der Waals surface area contributed by atoms with Crippen molar-refractivity contribution in [1.82, 2.24) is 20.5 Å². The highest BCUT2D eigenvalue weighted by Crippen LogP contribution is 2.29. The Balaban J connectivity index is 1.44. The van der Waals surface area contributed by atoms with E-state index < -0.39 is 11.9 Å². The number of carbonyl (C=O) groups excluding carboxylic acids is 2. The number of hydrogen-bond donors (Lipinski definition) is 2. The number of fused-ring (bicyclic) bond motifs is 1. The summed E-state index contributed by atoms with van der Waals surface area (Å²) < 4.78 is 5.71. The van der Waals surface area contributed by atoms with Gasteiger partial charge in [0, 0.05) is 13.5 Å². The lowest BCUT2D eigenvalue weighted by Crippen LogP contribution is -2.49. The molecule has 0 fully saturated rings. The molecule has 8 nitrogen and oxygen atoms in total. The Kier molecular flexibility index (Phi) is 4.99. The molecule has 0 aliphatic carbocycles. The van der Waals surface area contributed by atoms with E-state index in [1.807, 2.05) is 43.3 Å². The van der Waals surface area contributed by atoms with Gasteiger partial charge in [0.25, 0.3) is 11.8 Å². The largest absolute Gasteiger partial charge is 0.489 e. The third-order valence-electron chi connectivity index (χ3n) is 4.81. The van der Waals surface area contributed by atoms with Crippen molar-refractivity contribution in [1.29, 1.82) is 0 Å². The van der Waals surface area contributed by atoms with Gasteiger partial charge in [0.05, 0.1) is 5.69 Å². The summed E-state index contributed by atoms with van der Waals surface area (Å²) in [7, 11) is 1.66. The van der Waals surface area contributed by atoms with Gasteiger partial charge in [-0.15, -0.1) is 10.2 Å². The van der Waals surface area contributed by atoms with Crippen LogP contribution in [0.1, 0.15) is 27.6 Å². The van der Waals surface area contributed by atoms with Gasteiger partial charge in [-0.2, -0.15) is 0 Å². The maximum absolute atomic E-state index is 12.7. The molecule has 1 aliphatic rings. The zero-order valence-electron chi connectivity index (χ0n) is 16.2. The molecule has 148 valence electrons. The van der Waals surface area contributed by atoms with E-state index in [-0.39, 0.29) is 18.3 Å². The van der Waals surface area contributed by atoms with Gasteiger partial charge < -0.3 is 19.9 Å². The van der Waals surface area contributed by atoms with Gasteiger partial charge in [-0.25, -0.2) is 0 Å². The van der Waals surface area contributed by atoms with E-state index in [9.17, 15) is 9.59 Å². The number of aryl methyl sites for hydroxylation is 1. The van der Waals surface area contributed by atoms with Crippen molar-refractivity contribution < 1.29 is 14.3 Å². The minimum Gasteiger partial charge on any atom is -0.489 e. The number of para-hydroxylation sites is 2. The fourth-order valence-electron chi connectivity index (χ4n) is 3.16. The molecule has 1 aromatic heterocycles. The van der Waals surface area contributed by atoms with E-state index in [4.69, 9.17) is 4.74 Å². The van der Waals surface area contributed by atoms with Gasteiger partial charge >= 0.3 is 0 Å². The molecule has 0 bridgehead atoms. The third kappa shape index (κ3) is 3.96. The Bertz CT molecular complexity index is 1040. The predicted octanol–water partition coefficient (Wildman–Crippen LogP) is 1.86. The van der Waals surface area contributed by atoms with Crippen LogP contribution >= 0.6 is 0 Å². The highest BCUT2D eigenvalue weighted by Gasteiger charge is 2.31. The van der Waals surface area contributed by atoms with Gasteiger partial charge in [0.2, 0.25) is 5.82 Å². The summed E-state index contributed by atoms with van der Waals surface area (Å²) in [5.74, 6) is 0.466. The summed E-state index contributed by atoms with van der Waals surface area (Å²) in [6.45, 7) is 2.06. The van der Waals surface area contributed by atoms with Crippen molar-refractivity contribution in [3.63, 3.8) is 0 Å². The van der Waals surface area contributed by atoms with Gasteiger partial charge in [-0.1, -0.05) is 42.0 Å². The molecule has 0 radical (unpaired) electrons. The molecular formula is C21H21N5O3. The van der Waals surface area contributed by atoms with Crippen molar-refractivity contribution in [2.45, 2.75) is 19.4 Å². The molecule has 1 aliphatic heterocycles. The molecule has 4 rings (SSSR count). The number of ether oxygens (including phenoxy) is 1.